The summed E-state index contributed by atoms with van der Waals surface area (Å²) in [5.74, 6) is -10.3. The van der Waals surface area contributed by atoms with Gasteiger partial charge in [-0.2, -0.15) is 0 Å². The van der Waals surface area contributed by atoms with Crippen LogP contribution in [-0.4, -0.2) is 9.55 Å². The van der Waals surface area contributed by atoms with E-state index in [-0.39, 0.29) is 11.9 Å². The minimum atomic E-state index is -2.20. The van der Waals surface area contributed by atoms with Crippen LogP contribution < -0.4 is 5.32 Å². The Hall–Kier alpha value is -4.01. The Kier molecular flexibility index (Phi) is 5.86. The molecule has 0 saturated heterocycles. The van der Waals surface area contributed by atoms with Crippen LogP contribution in [0.15, 0.2) is 54.7 Å². The summed E-state index contributed by atoms with van der Waals surface area (Å²) in [4.78, 5) is 4.25. The van der Waals surface area contributed by atoms with Crippen LogP contribution in [0.1, 0.15) is 29.8 Å². The van der Waals surface area contributed by atoms with E-state index in [1.54, 1.807) is 43.5 Å². The molecule has 0 bridgehead atoms. The van der Waals surface area contributed by atoms with Crippen molar-refractivity contribution in [2.24, 2.45) is 0 Å². The lowest BCUT2D eigenvalue weighted by molar-refractivity contribution is 0.368. The SMILES string of the molecule is Cc1nccc2c3cc(NC(C)c4cccc(F)c4)ccc3n(Cc3c(F)c(F)c(F)c(F)c3F)c12. The lowest BCUT2D eigenvalue weighted by Gasteiger charge is -2.16. The van der Waals surface area contributed by atoms with Gasteiger partial charge in [0.15, 0.2) is 23.3 Å². The van der Waals surface area contributed by atoms with Crippen LogP contribution in [0.4, 0.5) is 32.0 Å². The molecule has 5 aromatic rings. The minimum absolute atomic E-state index is 0.233. The molecule has 0 aliphatic heterocycles. The number of anilines is 1. The summed E-state index contributed by atoms with van der Waals surface area (Å²) in [5, 5.41) is 4.69. The molecule has 2 heterocycles. The van der Waals surface area contributed by atoms with Crippen molar-refractivity contribution in [3.63, 3.8) is 0 Å². The number of pyridine rings is 1. The maximum absolute atomic E-state index is 14.5. The molecule has 9 heteroatoms. The predicted molar refractivity (Wildman–Crippen MR) is 126 cm³/mol. The first kappa shape index (κ1) is 23.7. The van der Waals surface area contributed by atoms with E-state index in [4.69, 9.17) is 0 Å². The molecule has 0 amide bonds. The summed E-state index contributed by atoms with van der Waals surface area (Å²) in [6, 6.07) is 12.9. The molecule has 0 aliphatic rings. The normalized spacial score (nSPS) is 12.4. The van der Waals surface area contributed by atoms with Crippen LogP contribution in [0.3, 0.4) is 0 Å². The van der Waals surface area contributed by atoms with Crippen molar-refractivity contribution in [1.29, 1.82) is 0 Å². The van der Waals surface area contributed by atoms with E-state index >= 15 is 0 Å². The highest BCUT2D eigenvalue weighted by molar-refractivity contribution is 6.09. The maximum atomic E-state index is 14.5. The van der Waals surface area contributed by atoms with E-state index in [0.29, 0.717) is 33.2 Å². The van der Waals surface area contributed by atoms with Gasteiger partial charge in [0.25, 0.3) is 0 Å². The second-order valence-electron chi connectivity index (χ2n) is 8.58. The van der Waals surface area contributed by atoms with Gasteiger partial charge in [0.2, 0.25) is 5.82 Å². The smallest absolute Gasteiger partial charge is 0.200 e. The van der Waals surface area contributed by atoms with Gasteiger partial charge in [0, 0.05) is 39.8 Å². The first-order valence-corrected chi connectivity index (χ1v) is 11.1. The quantitative estimate of drug-likeness (QED) is 0.154. The number of rotatable bonds is 5. The molecule has 5 rings (SSSR count). The van der Waals surface area contributed by atoms with Gasteiger partial charge >= 0.3 is 0 Å². The monoisotopic (exact) mass is 499 g/mol. The van der Waals surface area contributed by atoms with Crippen LogP contribution in [0.2, 0.25) is 0 Å². The Labute approximate surface area is 202 Å². The zero-order valence-corrected chi connectivity index (χ0v) is 19.1. The number of nitrogens with one attached hydrogen (secondary N) is 1. The molecular weight excluding hydrogens is 480 g/mol. The molecule has 1 unspecified atom stereocenters. The molecule has 1 N–H and O–H groups in total. The first-order valence-electron chi connectivity index (χ1n) is 11.1. The summed E-state index contributed by atoms with van der Waals surface area (Å²) in [7, 11) is 0. The Bertz CT molecular complexity index is 1610. The fourth-order valence-electron chi connectivity index (χ4n) is 4.53. The van der Waals surface area contributed by atoms with Crippen LogP contribution in [0.25, 0.3) is 21.8 Å². The fraction of sp³-hybridized carbons (Fsp3) is 0.148. The van der Waals surface area contributed by atoms with Crippen molar-refractivity contribution >= 4 is 27.5 Å². The van der Waals surface area contributed by atoms with Gasteiger partial charge in [-0.3, -0.25) is 4.98 Å². The van der Waals surface area contributed by atoms with Crippen molar-refractivity contribution in [2.75, 3.05) is 5.32 Å². The van der Waals surface area contributed by atoms with Crippen LogP contribution in [-0.2, 0) is 6.54 Å². The summed E-state index contributed by atoms with van der Waals surface area (Å²) in [6.45, 7) is 2.98. The van der Waals surface area contributed by atoms with Gasteiger partial charge in [-0.25, -0.2) is 26.3 Å². The van der Waals surface area contributed by atoms with E-state index in [2.05, 4.69) is 10.3 Å². The number of halogens is 6. The largest absolute Gasteiger partial charge is 0.378 e. The third kappa shape index (κ3) is 3.84. The van der Waals surface area contributed by atoms with Crippen LogP contribution in [0.5, 0.6) is 0 Å². The molecule has 1 atom stereocenters. The lowest BCUT2D eigenvalue weighted by atomic mass is 10.1. The summed E-state index contributed by atoms with van der Waals surface area (Å²) in [6.07, 6.45) is 1.58. The Morgan fingerprint density at radius 2 is 1.53 bits per heavy atom. The highest BCUT2D eigenvalue weighted by Gasteiger charge is 2.27. The van der Waals surface area contributed by atoms with Gasteiger partial charge in [-0.1, -0.05) is 12.1 Å². The van der Waals surface area contributed by atoms with E-state index in [1.807, 2.05) is 13.0 Å². The average Bonchev–Trinajstić information content (AvgIpc) is 3.18. The van der Waals surface area contributed by atoms with Crippen molar-refractivity contribution in [2.45, 2.75) is 26.4 Å². The molecule has 0 radical (unpaired) electrons. The number of hydrogen-bond acceptors (Lipinski definition) is 2. The summed E-state index contributed by atoms with van der Waals surface area (Å²) in [5.41, 5.74) is 2.05. The number of fused-ring (bicyclic) bond motifs is 3. The van der Waals surface area contributed by atoms with Crippen molar-refractivity contribution in [3.8, 4) is 0 Å². The van der Waals surface area contributed by atoms with Gasteiger partial charge < -0.3 is 9.88 Å². The predicted octanol–water partition coefficient (Wildman–Crippen LogP) is 7.55. The third-order valence-electron chi connectivity index (χ3n) is 6.30. The molecule has 3 aromatic carbocycles. The molecule has 2 aromatic heterocycles. The van der Waals surface area contributed by atoms with E-state index in [0.717, 1.165) is 5.56 Å². The second kappa shape index (κ2) is 8.89. The van der Waals surface area contributed by atoms with Crippen molar-refractivity contribution in [1.82, 2.24) is 9.55 Å². The Morgan fingerprint density at radius 3 is 2.22 bits per heavy atom. The van der Waals surface area contributed by atoms with Gasteiger partial charge in [-0.15, -0.1) is 0 Å². The number of aromatic nitrogens is 2. The highest BCUT2D eigenvalue weighted by atomic mass is 19.2. The van der Waals surface area contributed by atoms with Crippen molar-refractivity contribution in [3.05, 3.63) is 106 Å². The highest BCUT2D eigenvalue weighted by Crippen LogP contribution is 2.35. The van der Waals surface area contributed by atoms with Gasteiger partial charge in [-0.05, 0) is 55.8 Å². The molecule has 36 heavy (non-hydrogen) atoms. The zero-order valence-electron chi connectivity index (χ0n) is 19.1. The molecular formula is C27H19F6N3. The standard InChI is InChI=1S/C27H19F6N3/c1-13(15-4-3-5-16(28)10-15)35-17-6-7-21-19(11-17)18-8-9-34-14(2)27(18)36(21)12-20-22(29)24(31)26(33)25(32)23(20)30/h3-11,13,35H,12H2,1-2H3. The first-order chi connectivity index (χ1) is 17.2. The topological polar surface area (TPSA) is 29.9 Å². The second-order valence-corrected chi connectivity index (χ2v) is 8.58. The molecule has 0 saturated carbocycles. The zero-order chi connectivity index (χ0) is 25.7. The summed E-state index contributed by atoms with van der Waals surface area (Å²) < 4.78 is 85.4. The van der Waals surface area contributed by atoms with E-state index in [9.17, 15) is 26.3 Å². The Balaban J connectivity index is 1.64. The fourth-order valence-corrected chi connectivity index (χ4v) is 4.53. The number of nitrogens with zero attached hydrogens (tertiary/aromatic N) is 2. The summed E-state index contributed by atoms with van der Waals surface area (Å²) >= 11 is 0. The number of aryl methyl sites for hydroxylation is 1. The average molecular weight is 499 g/mol. The molecule has 0 spiro atoms. The van der Waals surface area contributed by atoms with E-state index < -0.39 is 41.2 Å². The maximum Gasteiger partial charge on any atom is 0.200 e. The van der Waals surface area contributed by atoms with Crippen LogP contribution >= 0.6 is 0 Å². The van der Waals surface area contributed by atoms with Crippen molar-refractivity contribution < 1.29 is 26.3 Å². The minimum Gasteiger partial charge on any atom is -0.378 e. The lowest BCUT2D eigenvalue weighted by Crippen LogP contribution is -2.11. The number of benzene rings is 3. The van der Waals surface area contributed by atoms with E-state index in [1.165, 1.54) is 16.7 Å². The van der Waals surface area contributed by atoms with Crippen LogP contribution in [0, 0.1) is 41.8 Å². The molecule has 3 nitrogen and oxygen atoms in total. The molecule has 184 valence electrons. The molecule has 0 aliphatic carbocycles. The number of hydrogen-bond donors (Lipinski definition) is 1. The molecule has 0 fully saturated rings. The third-order valence-corrected chi connectivity index (χ3v) is 6.30. The van der Waals surface area contributed by atoms with Gasteiger partial charge in [0.05, 0.1) is 17.8 Å². The Morgan fingerprint density at radius 1 is 0.833 bits per heavy atom. The van der Waals surface area contributed by atoms with Gasteiger partial charge in [0.1, 0.15) is 5.82 Å².